The third kappa shape index (κ3) is 5.82. The van der Waals surface area contributed by atoms with Crippen LogP contribution in [0.1, 0.15) is 36.9 Å². The highest BCUT2D eigenvalue weighted by Crippen LogP contribution is 2.17. The lowest BCUT2D eigenvalue weighted by atomic mass is 9.99. The normalized spacial score (nSPS) is 13.2. The second kappa shape index (κ2) is 7.09. The van der Waals surface area contributed by atoms with Crippen LogP contribution in [0.25, 0.3) is 0 Å². The van der Waals surface area contributed by atoms with Crippen molar-refractivity contribution in [3.8, 4) is 0 Å². The van der Waals surface area contributed by atoms with Crippen LogP contribution in [0.15, 0.2) is 24.3 Å². The zero-order valence-corrected chi connectivity index (χ0v) is 12.5. The largest absolute Gasteiger partial charge is 0.323 e. The van der Waals surface area contributed by atoms with Gasteiger partial charge in [-0.05, 0) is 17.0 Å². The molecule has 0 aliphatic carbocycles. The number of nitrogens with two attached hydrogens (primary N) is 1. The average Bonchev–Trinajstić information content (AvgIpc) is 2.25. The molecule has 0 saturated heterocycles. The Morgan fingerprint density at radius 2 is 1.61 bits per heavy atom. The Hall–Kier alpha value is -0.620. The molecule has 1 unspecified atom stereocenters. The summed E-state index contributed by atoms with van der Waals surface area (Å²) in [5, 5.41) is 0. The van der Waals surface area contributed by atoms with Crippen LogP contribution in [0.2, 0.25) is 0 Å². The highest BCUT2D eigenvalue weighted by Gasteiger charge is 2.09. The van der Waals surface area contributed by atoms with Crippen molar-refractivity contribution in [3.05, 3.63) is 35.4 Å². The lowest BCUT2D eigenvalue weighted by molar-refractivity contribution is 0.578. The van der Waals surface area contributed by atoms with E-state index in [1.807, 2.05) is 24.3 Å². The zero-order chi connectivity index (χ0) is 13.1. The summed E-state index contributed by atoms with van der Waals surface area (Å²) >= 11 is 0. The monoisotopic (exact) mass is 292 g/mol. The van der Waals surface area contributed by atoms with Crippen molar-refractivity contribution in [2.75, 3.05) is 12.8 Å². The second-order valence-corrected chi connectivity index (χ2v) is 6.38. The highest BCUT2D eigenvalue weighted by molar-refractivity contribution is 7.88. The van der Waals surface area contributed by atoms with Crippen LogP contribution in [0.3, 0.4) is 0 Å². The van der Waals surface area contributed by atoms with Crippen molar-refractivity contribution >= 4 is 22.4 Å². The molecule has 1 aromatic rings. The van der Waals surface area contributed by atoms with Gasteiger partial charge in [-0.15, -0.1) is 12.4 Å². The van der Waals surface area contributed by atoms with Crippen molar-refractivity contribution in [2.24, 2.45) is 5.73 Å². The summed E-state index contributed by atoms with van der Waals surface area (Å²) < 4.78 is 24.3. The summed E-state index contributed by atoms with van der Waals surface area (Å²) in [6, 6.07) is 7.64. The molecule has 1 atom stereocenters. The molecule has 0 bridgehead atoms. The van der Waals surface area contributed by atoms with Gasteiger partial charge in [-0.3, -0.25) is 0 Å². The van der Waals surface area contributed by atoms with E-state index < -0.39 is 10.0 Å². The summed E-state index contributed by atoms with van der Waals surface area (Å²) in [4.78, 5) is 0. The lowest BCUT2D eigenvalue weighted by Gasteiger charge is -2.13. The molecule has 104 valence electrons. The van der Waals surface area contributed by atoms with Crippen LogP contribution in [0.5, 0.6) is 0 Å². The fraction of sp³-hybridized carbons (Fsp3) is 0.500. The standard InChI is InChI=1S/C12H20N2O2S.ClH/c1-9(2)10-4-6-11(7-5-10)12(13)8-14-17(3,15)16;/h4-7,9,12,14H,8,13H2,1-3H3;1H. The number of nitrogens with one attached hydrogen (secondary N) is 1. The number of sulfonamides is 1. The molecule has 6 heteroatoms. The van der Waals surface area contributed by atoms with Crippen molar-refractivity contribution < 1.29 is 8.42 Å². The number of rotatable bonds is 5. The Bertz CT molecular complexity index is 457. The van der Waals surface area contributed by atoms with Crippen molar-refractivity contribution in [1.82, 2.24) is 4.72 Å². The first-order chi connectivity index (χ1) is 7.79. The van der Waals surface area contributed by atoms with Crippen molar-refractivity contribution in [1.29, 1.82) is 0 Å². The van der Waals surface area contributed by atoms with Gasteiger partial charge in [0.2, 0.25) is 10.0 Å². The minimum atomic E-state index is -3.18. The lowest BCUT2D eigenvalue weighted by Crippen LogP contribution is -2.31. The topological polar surface area (TPSA) is 72.2 Å². The molecule has 0 aromatic heterocycles. The van der Waals surface area contributed by atoms with Crippen LogP contribution >= 0.6 is 12.4 Å². The van der Waals surface area contributed by atoms with E-state index in [4.69, 9.17) is 5.73 Å². The fourth-order valence-electron chi connectivity index (χ4n) is 1.49. The van der Waals surface area contributed by atoms with E-state index in [1.54, 1.807) is 0 Å². The Morgan fingerprint density at radius 1 is 1.17 bits per heavy atom. The zero-order valence-electron chi connectivity index (χ0n) is 10.9. The number of hydrogen-bond acceptors (Lipinski definition) is 3. The van der Waals surface area contributed by atoms with E-state index in [1.165, 1.54) is 5.56 Å². The van der Waals surface area contributed by atoms with Gasteiger partial charge < -0.3 is 5.73 Å². The van der Waals surface area contributed by atoms with Gasteiger partial charge in [0.1, 0.15) is 0 Å². The fourth-order valence-corrected chi connectivity index (χ4v) is 1.97. The summed E-state index contributed by atoms with van der Waals surface area (Å²) in [5.41, 5.74) is 8.08. The van der Waals surface area contributed by atoms with Gasteiger partial charge in [-0.25, -0.2) is 13.1 Å². The summed E-state index contributed by atoms with van der Waals surface area (Å²) in [5.74, 6) is 0.481. The van der Waals surface area contributed by atoms with Gasteiger partial charge in [0, 0.05) is 12.6 Å². The molecule has 1 aromatic carbocycles. The molecule has 1 rings (SSSR count). The molecule has 0 amide bonds. The number of hydrogen-bond donors (Lipinski definition) is 2. The second-order valence-electron chi connectivity index (χ2n) is 4.55. The van der Waals surface area contributed by atoms with Crippen molar-refractivity contribution in [3.63, 3.8) is 0 Å². The van der Waals surface area contributed by atoms with Crippen LogP contribution in [0.4, 0.5) is 0 Å². The quantitative estimate of drug-likeness (QED) is 0.869. The Kier molecular flexibility index (Phi) is 6.84. The molecular weight excluding hydrogens is 272 g/mol. The minimum Gasteiger partial charge on any atom is -0.323 e. The van der Waals surface area contributed by atoms with Gasteiger partial charge >= 0.3 is 0 Å². The molecule has 0 aliphatic heterocycles. The van der Waals surface area contributed by atoms with Gasteiger partial charge in [-0.1, -0.05) is 38.1 Å². The van der Waals surface area contributed by atoms with E-state index in [-0.39, 0.29) is 25.0 Å². The van der Waals surface area contributed by atoms with E-state index in [0.717, 1.165) is 11.8 Å². The molecule has 4 nitrogen and oxygen atoms in total. The number of halogens is 1. The average molecular weight is 293 g/mol. The molecule has 0 spiro atoms. The first-order valence-electron chi connectivity index (χ1n) is 5.59. The number of benzene rings is 1. The molecule has 0 radical (unpaired) electrons. The Morgan fingerprint density at radius 3 is 2.00 bits per heavy atom. The van der Waals surface area contributed by atoms with Gasteiger partial charge in [0.15, 0.2) is 0 Å². The molecule has 0 heterocycles. The molecular formula is C12H21ClN2O2S. The van der Waals surface area contributed by atoms with E-state index in [0.29, 0.717) is 5.92 Å². The molecule has 3 N–H and O–H groups in total. The maximum atomic E-state index is 10.9. The predicted molar refractivity (Wildman–Crippen MR) is 77.6 cm³/mol. The third-order valence-electron chi connectivity index (χ3n) is 2.60. The van der Waals surface area contributed by atoms with Crippen LogP contribution in [-0.4, -0.2) is 21.2 Å². The summed E-state index contributed by atoms with van der Waals surface area (Å²) in [6.45, 7) is 4.47. The predicted octanol–water partition coefficient (Wildman–Crippen LogP) is 1.78. The molecule has 18 heavy (non-hydrogen) atoms. The maximum absolute atomic E-state index is 10.9. The van der Waals surface area contributed by atoms with Gasteiger partial charge in [0.05, 0.1) is 6.26 Å². The Balaban J connectivity index is 0.00000289. The third-order valence-corrected chi connectivity index (χ3v) is 3.29. The van der Waals surface area contributed by atoms with Crippen LogP contribution < -0.4 is 10.5 Å². The van der Waals surface area contributed by atoms with Crippen LogP contribution in [-0.2, 0) is 10.0 Å². The Labute approximate surface area is 115 Å². The summed E-state index contributed by atoms with van der Waals surface area (Å²) in [7, 11) is -3.18. The molecule has 0 saturated carbocycles. The maximum Gasteiger partial charge on any atom is 0.208 e. The van der Waals surface area contributed by atoms with E-state index in [9.17, 15) is 8.42 Å². The molecule has 0 fully saturated rings. The smallest absolute Gasteiger partial charge is 0.208 e. The van der Waals surface area contributed by atoms with Crippen LogP contribution in [0, 0.1) is 0 Å². The first-order valence-corrected chi connectivity index (χ1v) is 7.49. The van der Waals surface area contributed by atoms with E-state index in [2.05, 4.69) is 18.6 Å². The summed E-state index contributed by atoms with van der Waals surface area (Å²) in [6.07, 6.45) is 1.13. The van der Waals surface area contributed by atoms with Gasteiger partial charge in [-0.2, -0.15) is 0 Å². The van der Waals surface area contributed by atoms with Gasteiger partial charge in [0.25, 0.3) is 0 Å². The SMILES string of the molecule is CC(C)c1ccc(C(N)CNS(C)(=O)=O)cc1.Cl. The highest BCUT2D eigenvalue weighted by atomic mass is 35.5. The molecule has 0 aliphatic rings. The minimum absolute atomic E-state index is 0. The first kappa shape index (κ1) is 17.4. The van der Waals surface area contributed by atoms with Crippen molar-refractivity contribution in [2.45, 2.75) is 25.8 Å². The van der Waals surface area contributed by atoms with E-state index >= 15 is 0 Å².